The predicted octanol–water partition coefficient (Wildman–Crippen LogP) is 2.13. The van der Waals surface area contributed by atoms with Crippen LogP contribution in [0.4, 0.5) is 4.39 Å². The van der Waals surface area contributed by atoms with Crippen molar-refractivity contribution in [2.45, 2.75) is 6.04 Å². The van der Waals surface area contributed by atoms with Gasteiger partial charge in [-0.2, -0.15) is 0 Å². The van der Waals surface area contributed by atoms with Crippen LogP contribution in [0, 0.1) is 5.82 Å². The summed E-state index contributed by atoms with van der Waals surface area (Å²) in [5.74, 6) is -1.28. The summed E-state index contributed by atoms with van der Waals surface area (Å²) in [4.78, 5) is 13.1. The molecule has 1 unspecified atom stereocenters. The Labute approximate surface area is 123 Å². The van der Waals surface area contributed by atoms with E-state index >= 15 is 0 Å². The smallest absolute Gasteiger partial charge is 0.325 e. The van der Waals surface area contributed by atoms with Crippen LogP contribution in [-0.4, -0.2) is 42.3 Å². The van der Waals surface area contributed by atoms with Gasteiger partial charge in [-0.05, 0) is 17.7 Å². The summed E-state index contributed by atoms with van der Waals surface area (Å²) in [5.41, 5.74) is 0.598. The molecule has 0 aromatic heterocycles. The van der Waals surface area contributed by atoms with Gasteiger partial charge in [0.05, 0.1) is 13.2 Å². The maximum absolute atomic E-state index is 12.8. The van der Waals surface area contributed by atoms with E-state index in [0.717, 1.165) is 0 Å². The van der Waals surface area contributed by atoms with Crippen molar-refractivity contribution in [3.63, 3.8) is 0 Å². The molecule has 4 nitrogen and oxygen atoms in total. The molecule has 1 heterocycles. The van der Waals surface area contributed by atoms with Crippen molar-refractivity contribution in [1.82, 2.24) is 4.90 Å². The summed E-state index contributed by atoms with van der Waals surface area (Å²) in [6, 6.07) is 4.88. The number of aliphatic carboxylic acids is 1. The summed E-state index contributed by atoms with van der Waals surface area (Å²) in [6.07, 6.45) is 0. The minimum atomic E-state index is -0.918. The lowest BCUT2D eigenvalue weighted by atomic mass is 10.0. The van der Waals surface area contributed by atoms with Crippen LogP contribution in [0.1, 0.15) is 11.6 Å². The summed E-state index contributed by atoms with van der Waals surface area (Å²) in [6.45, 7) is 2.22. The molecule has 0 saturated carbocycles. The number of hydrogen-bond donors (Lipinski definition) is 1. The molecular weight excluding hydrogens is 296 g/mol. The van der Waals surface area contributed by atoms with E-state index in [9.17, 15) is 14.3 Å². The maximum atomic E-state index is 12.8. The van der Waals surface area contributed by atoms with Crippen molar-refractivity contribution in [1.29, 1.82) is 0 Å². The van der Waals surface area contributed by atoms with Crippen LogP contribution in [0.25, 0.3) is 0 Å². The van der Waals surface area contributed by atoms with Crippen LogP contribution in [0.3, 0.4) is 0 Å². The number of carboxylic acids is 1. The van der Waals surface area contributed by atoms with E-state index < -0.39 is 12.0 Å². The minimum Gasteiger partial charge on any atom is -0.480 e. The number of carboxylic acid groups (broad SMARTS) is 1. The Hall–Kier alpha value is -0.880. The minimum absolute atomic E-state index is 0. The molecule has 0 radical (unpaired) electrons. The van der Waals surface area contributed by atoms with E-state index in [2.05, 4.69) is 0 Å². The van der Waals surface area contributed by atoms with Crippen molar-refractivity contribution in [2.24, 2.45) is 0 Å². The van der Waals surface area contributed by atoms with E-state index in [1.807, 2.05) is 4.90 Å². The first-order valence-corrected chi connectivity index (χ1v) is 5.48. The second kappa shape index (κ2) is 8.32. The monoisotopic (exact) mass is 311 g/mol. The Balaban J connectivity index is 0.00000162. The second-order valence-corrected chi connectivity index (χ2v) is 3.94. The third-order valence-corrected chi connectivity index (χ3v) is 2.83. The molecule has 1 aromatic rings. The van der Waals surface area contributed by atoms with Crippen molar-refractivity contribution < 1.29 is 19.0 Å². The molecule has 0 bridgehead atoms. The SMILES string of the molecule is Cl.Cl.O=C(O)C(c1ccc(F)cc1)N1CCOCC1. The molecule has 1 aliphatic rings. The van der Waals surface area contributed by atoms with Crippen molar-refractivity contribution in [3.05, 3.63) is 35.6 Å². The molecular formula is C12H16Cl2FNO3. The zero-order valence-corrected chi connectivity index (χ0v) is 11.8. The highest BCUT2D eigenvalue weighted by molar-refractivity contribution is 5.85. The van der Waals surface area contributed by atoms with Gasteiger partial charge in [0.1, 0.15) is 11.9 Å². The highest BCUT2D eigenvalue weighted by Gasteiger charge is 2.28. The molecule has 1 atom stereocenters. The summed E-state index contributed by atoms with van der Waals surface area (Å²) in [7, 11) is 0. The van der Waals surface area contributed by atoms with Gasteiger partial charge in [-0.15, -0.1) is 24.8 Å². The molecule has 1 aliphatic heterocycles. The first kappa shape index (κ1) is 18.1. The molecule has 2 rings (SSSR count). The van der Waals surface area contributed by atoms with Gasteiger partial charge in [0.25, 0.3) is 0 Å². The maximum Gasteiger partial charge on any atom is 0.325 e. The zero-order valence-electron chi connectivity index (χ0n) is 10.1. The van der Waals surface area contributed by atoms with Gasteiger partial charge >= 0.3 is 5.97 Å². The van der Waals surface area contributed by atoms with Crippen LogP contribution in [0.5, 0.6) is 0 Å². The zero-order chi connectivity index (χ0) is 12.3. The van der Waals surface area contributed by atoms with Gasteiger partial charge in [0.15, 0.2) is 0 Å². The molecule has 0 amide bonds. The molecule has 1 saturated heterocycles. The first-order chi connectivity index (χ1) is 8.18. The third-order valence-electron chi connectivity index (χ3n) is 2.83. The second-order valence-electron chi connectivity index (χ2n) is 3.94. The number of halogens is 3. The fourth-order valence-corrected chi connectivity index (χ4v) is 1.99. The number of morpholine rings is 1. The highest BCUT2D eigenvalue weighted by atomic mass is 35.5. The van der Waals surface area contributed by atoms with Crippen molar-refractivity contribution in [2.75, 3.05) is 26.3 Å². The first-order valence-electron chi connectivity index (χ1n) is 5.48. The Morgan fingerprint density at radius 2 is 1.74 bits per heavy atom. The summed E-state index contributed by atoms with van der Waals surface area (Å²) < 4.78 is 18.0. The molecule has 0 aliphatic carbocycles. The van der Waals surface area contributed by atoms with Gasteiger partial charge in [-0.3, -0.25) is 9.69 Å². The van der Waals surface area contributed by atoms with E-state index in [4.69, 9.17) is 4.74 Å². The van der Waals surface area contributed by atoms with Crippen LogP contribution >= 0.6 is 24.8 Å². The number of benzene rings is 1. The van der Waals surface area contributed by atoms with Gasteiger partial charge in [-0.1, -0.05) is 12.1 Å². The van der Waals surface area contributed by atoms with E-state index in [0.29, 0.717) is 31.9 Å². The highest BCUT2D eigenvalue weighted by Crippen LogP contribution is 2.22. The van der Waals surface area contributed by atoms with E-state index in [-0.39, 0.29) is 30.6 Å². The average Bonchev–Trinajstić information content (AvgIpc) is 2.33. The Morgan fingerprint density at radius 1 is 1.21 bits per heavy atom. The van der Waals surface area contributed by atoms with Crippen molar-refractivity contribution >= 4 is 30.8 Å². The lowest BCUT2D eigenvalue weighted by Gasteiger charge is -2.32. The molecule has 108 valence electrons. The summed E-state index contributed by atoms with van der Waals surface area (Å²) >= 11 is 0. The normalized spacial score (nSPS) is 16.9. The molecule has 19 heavy (non-hydrogen) atoms. The Bertz CT molecular complexity index is 396. The van der Waals surface area contributed by atoms with Gasteiger partial charge in [0.2, 0.25) is 0 Å². The standard InChI is InChI=1S/C12H14FNO3.2ClH/c13-10-3-1-9(2-4-10)11(12(15)16)14-5-7-17-8-6-14;;/h1-4,11H,5-8H2,(H,15,16);2*1H. The fraction of sp³-hybridized carbons (Fsp3) is 0.417. The Morgan fingerprint density at radius 3 is 2.21 bits per heavy atom. The fourth-order valence-electron chi connectivity index (χ4n) is 1.99. The number of nitrogens with zero attached hydrogens (tertiary/aromatic N) is 1. The van der Waals surface area contributed by atoms with E-state index in [1.165, 1.54) is 24.3 Å². The molecule has 0 spiro atoms. The van der Waals surface area contributed by atoms with Crippen molar-refractivity contribution in [3.8, 4) is 0 Å². The Kier molecular flexibility index (Phi) is 7.94. The number of ether oxygens (including phenoxy) is 1. The van der Waals surface area contributed by atoms with Crippen LogP contribution < -0.4 is 0 Å². The molecule has 7 heteroatoms. The topological polar surface area (TPSA) is 49.8 Å². The molecule has 1 aromatic carbocycles. The quantitative estimate of drug-likeness (QED) is 0.929. The molecule has 1 fully saturated rings. The third kappa shape index (κ3) is 4.62. The molecule has 1 N–H and O–H groups in total. The van der Waals surface area contributed by atoms with Crippen LogP contribution in [0.15, 0.2) is 24.3 Å². The van der Waals surface area contributed by atoms with E-state index in [1.54, 1.807) is 0 Å². The van der Waals surface area contributed by atoms with Crippen LogP contribution in [0.2, 0.25) is 0 Å². The number of hydrogen-bond acceptors (Lipinski definition) is 3. The summed E-state index contributed by atoms with van der Waals surface area (Å²) in [5, 5.41) is 9.27. The average molecular weight is 312 g/mol. The predicted molar refractivity (Wildman–Crippen MR) is 73.7 cm³/mol. The number of rotatable bonds is 3. The van der Waals surface area contributed by atoms with Gasteiger partial charge in [-0.25, -0.2) is 4.39 Å². The largest absolute Gasteiger partial charge is 0.480 e. The van der Waals surface area contributed by atoms with Gasteiger partial charge < -0.3 is 9.84 Å². The van der Waals surface area contributed by atoms with Crippen LogP contribution in [-0.2, 0) is 9.53 Å². The lowest BCUT2D eigenvalue weighted by Crippen LogP contribution is -2.42. The lowest BCUT2D eigenvalue weighted by molar-refractivity contribution is -0.145. The number of carbonyl (C=O) groups is 1. The van der Waals surface area contributed by atoms with Gasteiger partial charge in [0, 0.05) is 13.1 Å².